The lowest BCUT2D eigenvalue weighted by molar-refractivity contribution is -0.497. The Morgan fingerprint density at radius 1 is 1.47 bits per heavy atom. The quantitative estimate of drug-likeness (QED) is 0.739. The molecule has 0 fully saturated rings. The number of hydrogen-bond acceptors (Lipinski definition) is 2. The third kappa shape index (κ3) is 3.25. The van der Waals surface area contributed by atoms with Gasteiger partial charge in [0.25, 0.3) is 0 Å². The second-order valence-corrected chi connectivity index (χ2v) is 3.25. The van der Waals surface area contributed by atoms with Gasteiger partial charge in [-0.05, 0) is 17.7 Å². The van der Waals surface area contributed by atoms with Crippen LogP contribution in [0.5, 0.6) is 5.75 Å². The number of ether oxygens (including phenoxy) is 1. The molecule has 1 rings (SSSR count). The van der Waals surface area contributed by atoms with Crippen molar-refractivity contribution in [3.63, 3.8) is 0 Å². The molecule has 0 atom stereocenters. The first kappa shape index (κ1) is 11.5. The summed E-state index contributed by atoms with van der Waals surface area (Å²) in [6.07, 6.45) is 0. The van der Waals surface area contributed by atoms with E-state index in [1.165, 1.54) is 5.32 Å². The molecule has 0 saturated heterocycles. The van der Waals surface area contributed by atoms with Gasteiger partial charge >= 0.3 is 6.03 Å². The summed E-state index contributed by atoms with van der Waals surface area (Å²) >= 11 is 0. The van der Waals surface area contributed by atoms with Crippen LogP contribution in [0.15, 0.2) is 24.3 Å². The lowest BCUT2D eigenvalue weighted by Gasteiger charge is -2.15. The van der Waals surface area contributed by atoms with Crippen LogP contribution in [-0.4, -0.2) is 25.1 Å². The zero-order chi connectivity index (χ0) is 11.3. The molecule has 1 aromatic carbocycles. The number of benzene rings is 1. The number of nitrogens with two attached hydrogens (primary N) is 1. The van der Waals surface area contributed by atoms with Crippen LogP contribution in [0.2, 0.25) is 0 Å². The first-order chi connectivity index (χ1) is 7.17. The molecule has 0 heterocycles. The Labute approximate surface area is 89.8 Å². The van der Waals surface area contributed by atoms with Gasteiger partial charge in [0, 0.05) is 7.05 Å². The van der Waals surface area contributed by atoms with Crippen LogP contribution in [-0.2, 0) is 6.54 Å². The molecule has 1 aromatic rings. The molecule has 0 spiro atoms. The standard InChI is InChI=1S/C11H16N2O2/c1-12-11(14)13(2)8-9-4-6-10(15-3)7-5-9/h4-7H,1,8,12H2,2-3H3. The minimum Gasteiger partial charge on any atom is -0.497 e. The van der Waals surface area contributed by atoms with Gasteiger partial charge in [0.05, 0.1) is 13.7 Å². The lowest BCUT2D eigenvalue weighted by Crippen LogP contribution is -2.84. The normalized spacial score (nSPS) is 9.80. The maximum atomic E-state index is 11.2. The molecule has 0 aromatic heterocycles. The largest absolute Gasteiger partial charge is 0.497 e. The van der Waals surface area contributed by atoms with Gasteiger partial charge in [-0.25, -0.2) is 4.79 Å². The number of amides is 2. The number of primary amides is 1. The summed E-state index contributed by atoms with van der Waals surface area (Å²) in [7, 11) is 6.81. The molecule has 0 radical (unpaired) electrons. The van der Waals surface area contributed by atoms with Crippen molar-refractivity contribution in [3.05, 3.63) is 36.9 Å². The molecule has 0 aliphatic rings. The van der Waals surface area contributed by atoms with Crippen molar-refractivity contribution < 1.29 is 14.8 Å². The molecule has 82 valence electrons. The zero-order valence-electron chi connectivity index (χ0n) is 9.06. The van der Waals surface area contributed by atoms with Gasteiger partial charge in [-0.2, -0.15) is 0 Å². The second kappa shape index (κ2) is 5.36. The molecule has 0 bridgehead atoms. The molecule has 0 aliphatic carbocycles. The van der Waals surface area contributed by atoms with E-state index < -0.39 is 0 Å². The van der Waals surface area contributed by atoms with Gasteiger partial charge in [-0.1, -0.05) is 12.1 Å². The predicted molar refractivity (Wildman–Crippen MR) is 57.1 cm³/mol. The highest BCUT2D eigenvalue weighted by Crippen LogP contribution is 2.12. The SMILES string of the molecule is [CH2-][NH2+]C(=O)N(C)Cc1ccc(OC)cc1. The number of nitrogens with zero attached hydrogens (tertiary/aromatic N) is 1. The fourth-order valence-corrected chi connectivity index (χ4v) is 1.24. The van der Waals surface area contributed by atoms with Crippen LogP contribution in [0, 0.1) is 7.05 Å². The Morgan fingerprint density at radius 3 is 2.53 bits per heavy atom. The molecule has 0 aliphatic heterocycles. The van der Waals surface area contributed by atoms with Crippen molar-refractivity contribution in [2.45, 2.75) is 6.54 Å². The third-order valence-electron chi connectivity index (χ3n) is 2.13. The fraction of sp³-hybridized carbons (Fsp3) is 0.273. The summed E-state index contributed by atoms with van der Waals surface area (Å²) in [5.74, 6) is 0.816. The maximum absolute atomic E-state index is 11.2. The van der Waals surface area contributed by atoms with E-state index in [1.54, 1.807) is 19.1 Å². The lowest BCUT2D eigenvalue weighted by atomic mass is 10.2. The van der Waals surface area contributed by atoms with Crippen molar-refractivity contribution in [1.82, 2.24) is 4.90 Å². The summed E-state index contributed by atoms with van der Waals surface area (Å²) in [5.41, 5.74) is 1.06. The van der Waals surface area contributed by atoms with Crippen LogP contribution in [0.3, 0.4) is 0 Å². The van der Waals surface area contributed by atoms with E-state index in [0.717, 1.165) is 11.3 Å². The third-order valence-corrected chi connectivity index (χ3v) is 2.13. The van der Waals surface area contributed by atoms with E-state index in [0.29, 0.717) is 6.54 Å². The van der Waals surface area contributed by atoms with Crippen molar-refractivity contribution in [2.75, 3.05) is 14.2 Å². The number of hydrogen-bond donors (Lipinski definition) is 1. The first-order valence-corrected chi connectivity index (χ1v) is 4.68. The van der Waals surface area contributed by atoms with Crippen molar-refractivity contribution in [1.29, 1.82) is 0 Å². The minimum absolute atomic E-state index is 0.0779. The van der Waals surface area contributed by atoms with Crippen LogP contribution in [0.4, 0.5) is 4.79 Å². The molecule has 0 unspecified atom stereocenters. The van der Waals surface area contributed by atoms with Gasteiger partial charge in [-0.3, -0.25) is 4.90 Å². The van der Waals surface area contributed by atoms with E-state index in [2.05, 4.69) is 7.05 Å². The van der Waals surface area contributed by atoms with Gasteiger partial charge in [0.2, 0.25) is 0 Å². The van der Waals surface area contributed by atoms with Crippen LogP contribution in [0.1, 0.15) is 5.56 Å². The Bertz CT molecular complexity index is 322. The Kier molecular flexibility index (Phi) is 4.12. The van der Waals surface area contributed by atoms with Gasteiger partial charge in [0.1, 0.15) is 5.75 Å². The predicted octanol–water partition coefficient (Wildman–Crippen LogP) is 0.602. The van der Waals surface area contributed by atoms with Crippen LogP contribution >= 0.6 is 0 Å². The van der Waals surface area contributed by atoms with Crippen LogP contribution < -0.4 is 10.1 Å². The monoisotopic (exact) mass is 208 g/mol. The fourth-order valence-electron chi connectivity index (χ4n) is 1.24. The zero-order valence-corrected chi connectivity index (χ0v) is 9.06. The van der Waals surface area contributed by atoms with Gasteiger partial charge in [-0.15, -0.1) is 7.05 Å². The minimum atomic E-state index is -0.0779. The summed E-state index contributed by atoms with van der Waals surface area (Å²) in [4.78, 5) is 12.8. The number of carbonyl (C=O) groups excluding carboxylic acids is 1. The maximum Gasteiger partial charge on any atom is 0.389 e. The smallest absolute Gasteiger partial charge is 0.389 e. The molecule has 15 heavy (non-hydrogen) atoms. The number of rotatable bonds is 3. The van der Waals surface area contributed by atoms with Gasteiger partial charge < -0.3 is 10.1 Å². The van der Waals surface area contributed by atoms with E-state index in [4.69, 9.17) is 4.74 Å². The molecule has 4 heteroatoms. The number of carbonyl (C=O) groups is 1. The van der Waals surface area contributed by atoms with Gasteiger partial charge in [0.15, 0.2) is 0 Å². The number of quaternary nitrogens is 1. The highest BCUT2D eigenvalue weighted by Gasteiger charge is 2.07. The topological polar surface area (TPSA) is 46.2 Å². The number of urea groups is 1. The Hall–Kier alpha value is -1.55. The molecular weight excluding hydrogens is 192 g/mol. The van der Waals surface area contributed by atoms with Crippen LogP contribution in [0.25, 0.3) is 0 Å². The highest BCUT2D eigenvalue weighted by molar-refractivity contribution is 5.63. The Balaban J connectivity index is 2.60. The van der Waals surface area contributed by atoms with Crippen molar-refractivity contribution >= 4 is 6.03 Å². The van der Waals surface area contributed by atoms with Crippen molar-refractivity contribution in [3.8, 4) is 5.75 Å². The first-order valence-electron chi connectivity index (χ1n) is 4.68. The highest BCUT2D eigenvalue weighted by atomic mass is 16.5. The Morgan fingerprint density at radius 2 is 2.07 bits per heavy atom. The summed E-state index contributed by atoms with van der Waals surface area (Å²) in [6.45, 7) is 0.578. The van der Waals surface area contributed by atoms with E-state index in [-0.39, 0.29) is 6.03 Å². The average Bonchev–Trinajstić information content (AvgIpc) is 2.29. The molecule has 0 saturated carbocycles. The average molecular weight is 208 g/mol. The molecular formula is C11H16N2O2. The summed E-state index contributed by atoms with van der Waals surface area (Å²) in [5, 5.41) is 1.31. The number of methoxy groups -OCH3 is 1. The molecule has 2 N–H and O–H groups in total. The van der Waals surface area contributed by atoms with E-state index in [9.17, 15) is 4.79 Å². The summed E-state index contributed by atoms with van der Waals surface area (Å²) in [6, 6.07) is 7.55. The summed E-state index contributed by atoms with van der Waals surface area (Å²) < 4.78 is 5.05. The molecule has 4 nitrogen and oxygen atoms in total. The molecule has 2 amide bonds. The van der Waals surface area contributed by atoms with E-state index in [1.807, 2.05) is 24.3 Å². The van der Waals surface area contributed by atoms with Crippen molar-refractivity contribution in [2.24, 2.45) is 0 Å². The second-order valence-electron chi connectivity index (χ2n) is 3.25. The van der Waals surface area contributed by atoms with E-state index >= 15 is 0 Å².